The second-order valence-corrected chi connectivity index (χ2v) is 5.77. The Morgan fingerprint density at radius 3 is 2.41 bits per heavy atom. The highest BCUT2D eigenvalue weighted by atomic mass is 19.2. The average molecular weight is 368 g/mol. The first-order valence-electron chi connectivity index (χ1n) is 8.42. The number of hydrogen-bond acceptors (Lipinski definition) is 3. The Hall–Kier alpha value is -3.41. The molecule has 0 fully saturated rings. The molecule has 0 atom stereocenters. The number of halogens is 2. The van der Waals surface area contributed by atoms with Gasteiger partial charge in [-0.25, -0.2) is 8.78 Å². The smallest absolute Gasteiger partial charge is 0.226 e. The van der Waals surface area contributed by atoms with Crippen LogP contribution in [0.15, 0.2) is 72.8 Å². The predicted octanol–water partition coefficient (Wildman–Crippen LogP) is 5.20. The van der Waals surface area contributed by atoms with Gasteiger partial charge in [-0.2, -0.15) is 0 Å². The second kappa shape index (κ2) is 8.80. The van der Waals surface area contributed by atoms with E-state index in [1.165, 1.54) is 6.07 Å². The van der Waals surface area contributed by atoms with Crippen molar-refractivity contribution in [3.63, 3.8) is 0 Å². The number of benzene rings is 3. The zero-order chi connectivity index (χ0) is 19.1. The van der Waals surface area contributed by atoms with Gasteiger partial charge in [0.15, 0.2) is 17.4 Å². The van der Waals surface area contributed by atoms with E-state index in [0.29, 0.717) is 18.0 Å². The maximum absolute atomic E-state index is 13.2. The van der Waals surface area contributed by atoms with E-state index in [2.05, 4.69) is 10.6 Å². The van der Waals surface area contributed by atoms with Crippen molar-refractivity contribution in [1.29, 1.82) is 0 Å². The lowest BCUT2D eigenvalue weighted by molar-refractivity contribution is -0.115. The van der Waals surface area contributed by atoms with Crippen LogP contribution in [0.4, 0.5) is 20.2 Å². The van der Waals surface area contributed by atoms with E-state index in [-0.39, 0.29) is 18.0 Å². The standard InChI is InChI=1S/C21H18F2N2O2/c22-17-11-10-15(14-18(17)23)25-21(26)12-13-24-19-8-4-5-9-20(19)27-16-6-2-1-3-7-16/h1-11,14,24H,12-13H2,(H,25,26). The van der Waals surface area contributed by atoms with Crippen molar-refractivity contribution in [2.45, 2.75) is 6.42 Å². The van der Waals surface area contributed by atoms with Crippen LogP contribution in [0, 0.1) is 11.6 Å². The Morgan fingerprint density at radius 2 is 1.63 bits per heavy atom. The minimum atomic E-state index is -1.00. The van der Waals surface area contributed by atoms with Crippen LogP contribution in [0.1, 0.15) is 6.42 Å². The van der Waals surface area contributed by atoms with Gasteiger partial charge in [-0.05, 0) is 36.4 Å². The molecule has 0 bridgehead atoms. The first kappa shape index (κ1) is 18.4. The van der Waals surface area contributed by atoms with Gasteiger partial charge < -0.3 is 15.4 Å². The Labute approximate surface area is 155 Å². The van der Waals surface area contributed by atoms with E-state index < -0.39 is 11.6 Å². The third-order valence-corrected chi connectivity index (χ3v) is 3.73. The molecule has 0 saturated carbocycles. The van der Waals surface area contributed by atoms with E-state index in [1.807, 2.05) is 54.6 Å². The molecular weight excluding hydrogens is 350 g/mol. The van der Waals surface area contributed by atoms with Gasteiger partial charge in [-0.3, -0.25) is 4.79 Å². The fourth-order valence-electron chi connectivity index (χ4n) is 2.43. The number of carbonyl (C=O) groups is 1. The molecule has 3 aromatic rings. The largest absolute Gasteiger partial charge is 0.455 e. The monoisotopic (exact) mass is 368 g/mol. The van der Waals surface area contributed by atoms with Gasteiger partial charge in [-0.15, -0.1) is 0 Å². The molecule has 0 aliphatic carbocycles. The van der Waals surface area contributed by atoms with Gasteiger partial charge >= 0.3 is 0 Å². The van der Waals surface area contributed by atoms with Crippen LogP contribution in [0.25, 0.3) is 0 Å². The number of carbonyl (C=O) groups excluding carboxylic acids is 1. The summed E-state index contributed by atoms with van der Waals surface area (Å²) >= 11 is 0. The molecule has 3 rings (SSSR count). The van der Waals surface area contributed by atoms with Crippen LogP contribution in [-0.2, 0) is 4.79 Å². The van der Waals surface area contributed by atoms with E-state index >= 15 is 0 Å². The summed E-state index contributed by atoms with van der Waals surface area (Å²) in [5, 5.41) is 5.68. The normalized spacial score (nSPS) is 10.3. The first-order chi connectivity index (χ1) is 13.1. The van der Waals surface area contributed by atoms with Crippen molar-refractivity contribution < 1.29 is 18.3 Å². The number of nitrogens with one attached hydrogen (secondary N) is 2. The highest BCUT2D eigenvalue weighted by Gasteiger charge is 2.08. The summed E-state index contributed by atoms with van der Waals surface area (Å²) in [6, 6.07) is 20.0. The van der Waals surface area contributed by atoms with Crippen molar-refractivity contribution in [1.82, 2.24) is 0 Å². The van der Waals surface area contributed by atoms with Gasteiger partial charge in [0.25, 0.3) is 0 Å². The topological polar surface area (TPSA) is 50.4 Å². The number of anilines is 2. The van der Waals surface area contributed by atoms with Crippen LogP contribution in [-0.4, -0.2) is 12.5 Å². The zero-order valence-electron chi connectivity index (χ0n) is 14.4. The summed E-state index contributed by atoms with van der Waals surface area (Å²) in [4.78, 5) is 12.0. The number of hydrogen-bond donors (Lipinski definition) is 2. The van der Waals surface area contributed by atoms with E-state index in [1.54, 1.807) is 0 Å². The third-order valence-electron chi connectivity index (χ3n) is 3.73. The minimum Gasteiger partial charge on any atom is -0.455 e. The molecule has 0 heterocycles. The molecule has 4 nitrogen and oxygen atoms in total. The zero-order valence-corrected chi connectivity index (χ0v) is 14.4. The molecule has 0 aliphatic rings. The van der Waals surface area contributed by atoms with Crippen molar-refractivity contribution >= 4 is 17.3 Å². The summed E-state index contributed by atoms with van der Waals surface area (Å²) in [5.74, 6) is -0.912. The van der Waals surface area contributed by atoms with E-state index in [0.717, 1.165) is 17.8 Å². The fourth-order valence-corrected chi connectivity index (χ4v) is 2.43. The molecule has 0 aromatic heterocycles. The number of amides is 1. The Bertz CT molecular complexity index is 917. The Morgan fingerprint density at radius 1 is 0.889 bits per heavy atom. The molecule has 27 heavy (non-hydrogen) atoms. The molecule has 1 amide bonds. The Balaban J connectivity index is 1.54. The lowest BCUT2D eigenvalue weighted by atomic mass is 10.2. The summed E-state index contributed by atoms with van der Waals surface area (Å²) in [5.41, 5.74) is 0.966. The van der Waals surface area contributed by atoms with Crippen LogP contribution >= 0.6 is 0 Å². The quantitative estimate of drug-likeness (QED) is 0.603. The summed E-state index contributed by atoms with van der Waals surface area (Å²) < 4.78 is 31.9. The molecule has 6 heteroatoms. The van der Waals surface area contributed by atoms with E-state index in [9.17, 15) is 13.6 Å². The molecule has 0 aliphatic heterocycles. The van der Waals surface area contributed by atoms with Crippen molar-refractivity contribution in [2.75, 3.05) is 17.2 Å². The van der Waals surface area contributed by atoms with Gasteiger partial charge in [0.1, 0.15) is 5.75 Å². The van der Waals surface area contributed by atoms with Crippen molar-refractivity contribution in [2.24, 2.45) is 0 Å². The van der Waals surface area contributed by atoms with Crippen LogP contribution in [0.3, 0.4) is 0 Å². The SMILES string of the molecule is O=C(CCNc1ccccc1Oc1ccccc1)Nc1ccc(F)c(F)c1. The lowest BCUT2D eigenvalue weighted by Crippen LogP contribution is -2.16. The van der Waals surface area contributed by atoms with Crippen molar-refractivity contribution in [3.8, 4) is 11.5 Å². The number of para-hydroxylation sites is 3. The van der Waals surface area contributed by atoms with Crippen LogP contribution in [0.2, 0.25) is 0 Å². The molecule has 0 unspecified atom stereocenters. The molecule has 3 aromatic carbocycles. The maximum Gasteiger partial charge on any atom is 0.226 e. The molecule has 0 spiro atoms. The summed E-state index contributed by atoms with van der Waals surface area (Å²) in [6.07, 6.45) is 0.151. The average Bonchev–Trinajstić information content (AvgIpc) is 2.67. The van der Waals surface area contributed by atoms with Gasteiger partial charge in [0, 0.05) is 24.7 Å². The highest BCUT2D eigenvalue weighted by Crippen LogP contribution is 2.29. The van der Waals surface area contributed by atoms with Crippen molar-refractivity contribution in [3.05, 3.63) is 84.4 Å². The Kier molecular flexibility index (Phi) is 5.99. The maximum atomic E-state index is 13.2. The van der Waals surface area contributed by atoms with Gasteiger partial charge in [0.05, 0.1) is 5.69 Å². The van der Waals surface area contributed by atoms with E-state index in [4.69, 9.17) is 4.74 Å². The highest BCUT2D eigenvalue weighted by molar-refractivity contribution is 5.91. The van der Waals surface area contributed by atoms with Gasteiger partial charge in [-0.1, -0.05) is 30.3 Å². The number of rotatable bonds is 7. The van der Waals surface area contributed by atoms with Crippen LogP contribution < -0.4 is 15.4 Å². The first-order valence-corrected chi connectivity index (χ1v) is 8.42. The molecule has 0 saturated heterocycles. The van der Waals surface area contributed by atoms with Gasteiger partial charge in [0.2, 0.25) is 5.91 Å². The fraction of sp³-hybridized carbons (Fsp3) is 0.0952. The van der Waals surface area contributed by atoms with Crippen LogP contribution in [0.5, 0.6) is 11.5 Å². The molecular formula is C21H18F2N2O2. The molecule has 0 radical (unpaired) electrons. The summed E-state index contributed by atoms with van der Waals surface area (Å²) in [7, 11) is 0. The summed E-state index contributed by atoms with van der Waals surface area (Å²) in [6.45, 7) is 0.352. The minimum absolute atomic E-state index is 0.151. The lowest BCUT2D eigenvalue weighted by Gasteiger charge is -2.13. The third kappa shape index (κ3) is 5.28. The molecule has 138 valence electrons. The second-order valence-electron chi connectivity index (χ2n) is 5.77. The predicted molar refractivity (Wildman–Crippen MR) is 101 cm³/mol. The molecule has 2 N–H and O–H groups in total. The number of ether oxygens (including phenoxy) is 1.